The molecule has 170 valence electrons. The van der Waals surface area contributed by atoms with Gasteiger partial charge < -0.3 is 19.7 Å². The van der Waals surface area contributed by atoms with E-state index in [1.54, 1.807) is 24.0 Å². The number of halogens is 1. The molecule has 2 aromatic rings. The molecule has 0 aliphatic carbocycles. The molecule has 4 rings (SSSR count). The van der Waals surface area contributed by atoms with Crippen LogP contribution in [0.15, 0.2) is 47.4 Å². The van der Waals surface area contributed by atoms with E-state index in [0.29, 0.717) is 11.4 Å². The van der Waals surface area contributed by atoms with Gasteiger partial charge in [-0.2, -0.15) is 4.31 Å². The van der Waals surface area contributed by atoms with Gasteiger partial charge in [0.1, 0.15) is 16.4 Å². The van der Waals surface area contributed by atoms with Gasteiger partial charge in [0.05, 0.1) is 10.7 Å². The van der Waals surface area contributed by atoms with Crippen molar-refractivity contribution >= 4 is 39.1 Å². The van der Waals surface area contributed by atoms with Gasteiger partial charge in [-0.3, -0.25) is 9.59 Å². The maximum atomic E-state index is 13.2. The Morgan fingerprint density at radius 2 is 1.88 bits per heavy atom. The summed E-state index contributed by atoms with van der Waals surface area (Å²) in [6.07, 6.45) is -0.744. The molecule has 1 saturated heterocycles. The zero-order chi connectivity index (χ0) is 22.9. The number of rotatable bonds is 5. The number of nitrogens with one attached hydrogen (secondary N) is 1. The van der Waals surface area contributed by atoms with E-state index in [1.807, 2.05) is 18.2 Å². The van der Waals surface area contributed by atoms with Gasteiger partial charge in [0, 0.05) is 32.2 Å². The summed E-state index contributed by atoms with van der Waals surface area (Å²) < 4.78 is 38.7. The van der Waals surface area contributed by atoms with Crippen molar-refractivity contribution in [1.82, 2.24) is 9.21 Å². The molecular formula is C21H22ClN3O6S. The monoisotopic (exact) mass is 479 g/mol. The minimum atomic E-state index is -3.92. The van der Waals surface area contributed by atoms with E-state index < -0.39 is 16.1 Å². The Bertz CT molecular complexity index is 1130. The van der Waals surface area contributed by atoms with E-state index in [0.717, 1.165) is 0 Å². The summed E-state index contributed by atoms with van der Waals surface area (Å²) in [5.41, 5.74) is 0.325. The van der Waals surface area contributed by atoms with Crippen molar-refractivity contribution < 1.29 is 27.5 Å². The third-order valence-corrected chi connectivity index (χ3v) is 7.64. The fourth-order valence-electron chi connectivity index (χ4n) is 3.48. The molecule has 11 heteroatoms. The van der Waals surface area contributed by atoms with Crippen LogP contribution in [0.2, 0.25) is 5.02 Å². The Kier molecular flexibility index (Phi) is 6.27. The van der Waals surface area contributed by atoms with Crippen LogP contribution in [0.4, 0.5) is 5.69 Å². The summed E-state index contributed by atoms with van der Waals surface area (Å²) in [6.45, 7) is 2.18. The van der Waals surface area contributed by atoms with Gasteiger partial charge in [0.15, 0.2) is 12.7 Å². The van der Waals surface area contributed by atoms with Gasteiger partial charge in [-0.1, -0.05) is 29.8 Å². The number of hydrogen-bond acceptors (Lipinski definition) is 6. The van der Waals surface area contributed by atoms with Crippen LogP contribution in [0.5, 0.6) is 11.5 Å². The zero-order valence-corrected chi connectivity index (χ0v) is 18.9. The number of benzene rings is 2. The zero-order valence-electron chi connectivity index (χ0n) is 17.3. The van der Waals surface area contributed by atoms with E-state index >= 15 is 0 Å². The van der Waals surface area contributed by atoms with E-state index in [-0.39, 0.29) is 60.3 Å². The number of nitrogens with zero attached hydrogens (tertiary/aromatic N) is 2. The summed E-state index contributed by atoms with van der Waals surface area (Å²) in [7, 11) is -3.92. The predicted octanol–water partition coefficient (Wildman–Crippen LogP) is 1.97. The lowest BCUT2D eigenvalue weighted by atomic mass is 10.2. The Hall–Kier alpha value is -2.82. The number of carbonyl (C=O) groups is 2. The highest BCUT2D eigenvalue weighted by Crippen LogP contribution is 2.38. The van der Waals surface area contributed by atoms with Crippen molar-refractivity contribution in [1.29, 1.82) is 0 Å². The molecule has 0 bridgehead atoms. The topological polar surface area (TPSA) is 105 Å². The lowest BCUT2D eigenvalue weighted by Crippen LogP contribution is -2.51. The number of fused-ring (bicyclic) bond motifs is 1. The van der Waals surface area contributed by atoms with E-state index in [9.17, 15) is 18.0 Å². The molecule has 0 radical (unpaired) electrons. The Labute approximate surface area is 190 Å². The van der Waals surface area contributed by atoms with Crippen molar-refractivity contribution in [2.75, 3.05) is 38.1 Å². The molecule has 9 nitrogen and oxygen atoms in total. The SMILES string of the molecule is CC1Oc2cc(S(=O)(=O)N3CCN(C(=O)COc4ccccc4)CC3)c(Cl)cc2NC1=O. The second-order valence-corrected chi connectivity index (χ2v) is 9.73. The first-order valence-corrected chi connectivity index (χ1v) is 11.8. The number of amides is 2. The van der Waals surface area contributed by atoms with Crippen LogP contribution in [0.3, 0.4) is 0 Å². The first-order valence-electron chi connectivity index (χ1n) is 10.0. The summed E-state index contributed by atoms with van der Waals surface area (Å²) >= 11 is 6.23. The maximum Gasteiger partial charge on any atom is 0.265 e. The Morgan fingerprint density at radius 1 is 1.19 bits per heavy atom. The van der Waals surface area contributed by atoms with Crippen LogP contribution in [-0.2, 0) is 19.6 Å². The molecule has 32 heavy (non-hydrogen) atoms. The van der Waals surface area contributed by atoms with E-state index in [1.165, 1.54) is 16.4 Å². The third-order valence-electron chi connectivity index (χ3n) is 5.28. The van der Waals surface area contributed by atoms with Crippen LogP contribution < -0.4 is 14.8 Å². The van der Waals surface area contributed by atoms with Gasteiger partial charge in [0.25, 0.3) is 11.8 Å². The van der Waals surface area contributed by atoms with Crippen LogP contribution >= 0.6 is 11.6 Å². The lowest BCUT2D eigenvalue weighted by molar-refractivity contribution is -0.134. The Balaban J connectivity index is 1.41. The predicted molar refractivity (Wildman–Crippen MR) is 117 cm³/mol. The van der Waals surface area contributed by atoms with Crippen LogP contribution in [0, 0.1) is 0 Å². The molecule has 2 heterocycles. The largest absolute Gasteiger partial charge is 0.484 e. The smallest absolute Gasteiger partial charge is 0.265 e. The van der Waals surface area contributed by atoms with Gasteiger partial charge >= 0.3 is 0 Å². The van der Waals surface area contributed by atoms with Gasteiger partial charge in [-0.15, -0.1) is 0 Å². The minimum Gasteiger partial charge on any atom is -0.484 e. The van der Waals surface area contributed by atoms with Crippen molar-refractivity contribution in [3.05, 3.63) is 47.5 Å². The molecule has 1 atom stereocenters. The van der Waals surface area contributed by atoms with E-state index in [2.05, 4.69) is 5.32 Å². The number of sulfonamides is 1. The number of carbonyl (C=O) groups excluding carboxylic acids is 2. The second kappa shape index (κ2) is 8.97. The average molecular weight is 480 g/mol. The first-order chi connectivity index (χ1) is 15.3. The second-order valence-electron chi connectivity index (χ2n) is 7.41. The molecular weight excluding hydrogens is 458 g/mol. The molecule has 1 N–H and O–H groups in total. The summed E-state index contributed by atoms with van der Waals surface area (Å²) in [5, 5.41) is 2.62. The van der Waals surface area contributed by atoms with Crippen LogP contribution in [0.1, 0.15) is 6.92 Å². The Morgan fingerprint density at radius 3 is 2.56 bits per heavy atom. The standard InChI is InChI=1S/C21H22ClN3O6S/c1-14-21(27)23-17-11-16(22)19(12-18(17)31-14)32(28,29)25-9-7-24(8-10-25)20(26)13-30-15-5-3-2-4-6-15/h2-6,11-12,14H,7-10,13H2,1H3,(H,23,27). The van der Waals surface area contributed by atoms with Crippen molar-refractivity contribution in [3.8, 4) is 11.5 Å². The van der Waals surface area contributed by atoms with Gasteiger partial charge in [0.2, 0.25) is 10.0 Å². The maximum absolute atomic E-state index is 13.2. The fourth-order valence-corrected chi connectivity index (χ4v) is 5.42. The normalized spacial score (nSPS) is 19.0. The molecule has 0 aromatic heterocycles. The van der Waals surface area contributed by atoms with E-state index in [4.69, 9.17) is 21.1 Å². The highest BCUT2D eigenvalue weighted by Gasteiger charge is 2.34. The molecule has 2 aromatic carbocycles. The molecule has 2 aliphatic heterocycles. The summed E-state index contributed by atoms with van der Waals surface area (Å²) in [5.74, 6) is 0.292. The first kappa shape index (κ1) is 22.4. The van der Waals surface area contributed by atoms with Crippen LogP contribution in [0.25, 0.3) is 0 Å². The minimum absolute atomic E-state index is 0.0167. The molecule has 1 unspecified atom stereocenters. The highest BCUT2D eigenvalue weighted by molar-refractivity contribution is 7.89. The van der Waals surface area contributed by atoms with Gasteiger partial charge in [-0.25, -0.2) is 8.42 Å². The molecule has 2 amide bonds. The van der Waals surface area contributed by atoms with Crippen molar-refractivity contribution in [2.45, 2.75) is 17.9 Å². The quantitative estimate of drug-likeness (QED) is 0.703. The molecule has 0 saturated carbocycles. The lowest BCUT2D eigenvalue weighted by Gasteiger charge is -2.34. The number of ether oxygens (including phenoxy) is 2. The number of para-hydroxylation sites is 1. The molecule has 1 fully saturated rings. The molecule has 2 aliphatic rings. The molecule has 0 spiro atoms. The fraction of sp³-hybridized carbons (Fsp3) is 0.333. The van der Waals surface area contributed by atoms with Crippen molar-refractivity contribution in [2.24, 2.45) is 0 Å². The number of piperazine rings is 1. The summed E-state index contributed by atoms with van der Waals surface area (Å²) in [6, 6.07) is 11.7. The average Bonchev–Trinajstić information content (AvgIpc) is 2.79. The summed E-state index contributed by atoms with van der Waals surface area (Å²) in [4.78, 5) is 25.7. The number of hydrogen-bond donors (Lipinski definition) is 1. The third kappa shape index (κ3) is 4.52. The number of anilines is 1. The highest BCUT2D eigenvalue weighted by atomic mass is 35.5. The van der Waals surface area contributed by atoms with Gasteiger partial charge in [-0.05, 0) is 25.1 Å². The van der Waals surface area contributed by atoms with Crippen LogP contribution in [-0.4, -0.2) is 68.3 Å². The van der Waals surface area contributed by atoms with Crippen molar-refractivity contribution in [3.63, 3.8) is 0 Å².